The monoisotopic (exact) mass is 497 g/mol. The summed E-state index contributed by atoms with van der Waals surface area (Å²) in [5.41, 5.74) is 1.12. The van der Waals surface area contributed by atoms with E-state index in [1.54, 1.807) is 24.4 Å². The maximum absolute atomic E-state index is 13.7. The molecule has 0 atom stereocenters. The maximum atomic E-state index is 13.7. The molecule has 1 spiro atoms. The fourth-order valence-electron chi connectivity index (χ4n) is 5.24. The number of halogens is 3. The van der Waals surface area contributed by atoms with Crippen LogP contribution < -0.4 is 15.0 Å². The summed E-state index contributed by atoms with van der Waals surface area (Å²) in [4.78, 5) is 27.2. The molecule has 2 aliphatic rings. The van der Waals surface area contributed by atoms with Gasteiger partial charge >= 0.3 is 6.18 Å². The van der Waals surface area contributed by atoms with E-state index < -0.39 is 30.6 Å². The van der Waals surface area contributed by atoms with Crippen molar-refractivity contribution in [3.63, 3.8) is 0 Å². The predicted molar refractivity (Wildman–Crippen MR) is 123 cm³/mol. The fourth-order valence-corrected chi connectivity index (χ4v) is 5.24. The van der Waals surface area contributed by atoms with Crippen LogP contribution in [0.15, 0.2) is 42.6 Å². The summed E-state index contributed by atoms with van der Waals surface area (Å²) in [6.45, 7) is -2.03. The normalized spacial score (nSPS) is 21.4. The third kappa shape index (κ3) is 4.23. The molecule has 3 aromatic rings. The van der Waals surface area contributed by atoms with Gasteiger partial charge in [-0.05, 0) is 56.0 Å². The second-order valence-electron chi connectivity index (χ2n) is 9.11. The largest absolute Gasteiger partial charge is 0.490 e. The zero-order valence-electron chi connectivity index (χ0n) is 19.1. The van der Waals surface area contributed by atoms with E-state index in [9.17, 15) is 28.0 Å². The molecule has 36 heavy (non-hydrogen) atoms. The predicted octanol–water partition coefficient (Wildman–Crippen LogP) is 3.72. The minimum atomic E-state index is -4.56. The number of hydrogen-bond acceptors (Lipinski definition) is 5. The zero-order valence-corrected chi connectivity index (χ0v) is 19.1. The molecule has 11 heteroatoms. The van der Waals surface area contributed by atoms with Gasteiger partial charge in [-0.15, -0.1) is 0 Å². The molecule has 186 valence electrons. The van der Waals surface area contributed by atoms with Gasteiger partial charge in [-0.2, -0.15) is 23.5 Å². The van der Waals surface area contributed by atoms with Gasteiger partial charge < -0.3 is 15.0 Å². The SMILES string of the molecule is N#Cc1cccc2c1C1(CCC(Oc3ccc4[nH]ncc4c3)CC1)C(=O)N2CC(=O)NCC(F)(F)F. The van der Waals surface area contributed by atoms with Crippen molar-refractivity contribution in [2.45, 2.75) is 43.4 Å². The van der Waals surface area contributed by atoms with Gasteiger partial charge in [0, 0.05) is 16.6 Å². The molecule has 2 aromatic carbocycles. The Balaban J connectivity index is 1.36. The van der Waals surface area contributed by atoms with Gasteiger partial charge in [0.2, 0.25) is 11.8 Å². The van der Waals surface area contributed by atoms with Crippen LogP contribution in [0.2, 0.25) is 0 Å². The van der Waals surface area contributed by atoms with E-state index in [4.69, 9.17) is 4.74 Å². The molecule has 1 aliphatic heterocycles. The first-order valence-corrected chi connectivity index (χ1v) is 11.5. The van der Waals surface area contributed by atoms with E-state index in [1.807, 2.05) is 23.5 Å². The average Bonchev–Trinajstić information content (AvgIpc) is 3.41. The topological polar surface area (TPSA) is 111 Å². The first-order valence-electron chi connectivity index (χ1n) is 11.5. The van der Waals surface area contributed by atoms with Crippen molar-refractivity contribution in [1.29, 1.82) is 5.26 Å². The lowest BCUT2D eigenvalue weighted by Gasteiger charge is -2.36. The number of benzene rings is 2. The number of fused-ring (bicyclic) bond motifs is 3. The number of nitrogens with zero attached hydrogens (tertiary/aromatic N) is 3. The highest BCUT2D eigenvalue weighted by Crippen LogP contribution is 2.51. The van der Waals surface area contributed by atoms with Crippen LogP contribution in [0.25, 0.3) is 10.9 Å². The molecule has 1 aliphatic carbocycles. The summed E-state index contributed by atoms with van der Waals surface area (Å²) in [5.74, 6) is -0.609. The van der Waals surface area contributed by atoms with E-state index in [0.29, 0.717) is 48.2 Å². The molecule has 1 aromatic heterocycles. The quantitative estimate of drug-likeness (QED) is 0.558. The zero-order chi connectivity index (χ0) is 25.5. The molecule has 5 rings (SSSR count). The number of amides is 2. The number of anilines is 1. The lowest BCUT2D eigenvalue weighted by Crippen LogP contribution is -2.48. The number of aromatic nitrogens is 2. The number of H-pyrrole nitrogens is 1. The minimum Gasteiger partial charge on any atom is -0.490 e. The number of nitriles is 1. The Kier molecular flexibility index (Phi) is 5.82. The number of rotatable bonds is 5. The van der Waals surface area contributed by atoms with E-state index in [2.05, 4.69) is 16.3 Å². The molecule has 0 bridgehead atoms. The molecule has 2 heterocycles. The number of ether oxygens (including phenoxy) is 1. The van der Waals surface area contributed by atoms with Gasteiger partial charge in [0.25, 0.3) is 0 Å². The number of nitrogens with one attached hydrogen (secondary N) is 2. The molecule has 2 N–H and O–H groups in total. The van der Waals surface area contributed by atoms with E-state index in [0.717, 1.165) is 10.9 Å². The summed E-state index contributed by atoms with van der Waals surface area (Å²) in [6, 6.07) is 12.6. The van der Waals surface area contributed by atoms with Crippen molar-refractivity contribution in [3.8, 4) is 11.8 Å². The third-order valence-electron chi connectivity index (χ3n) is 6.88. The molecular formula is C25H22F3N5O3. The summed E-state index contributed by atoms with van der Waals surface area (Å²) in [6.07, 6.45) is -1.18. The van der Waals surface area contributed by atoms with Crippen LogP contribution in [0.5, 0.6) is 5.75 Å². The molecule has 2 amide bonds. The summed E-state index contributed by atoms with van der Waals surface area (Å²) >= 11 is 0. The lowest BCUT2D eigenvalue weighted by atomic mass is 9.68. The van der Waals surface area contributed by atoms with Crippen molar-refractivity contribution in [3.05, 3.63) is 53.7 Å². The Hall–Kier alpha value is -4.07. The number of carbonyl (C=O) groups is 2. The number of alkyl halides is 3. The summed E-state index contributed by atoms with van der Waals surface area (Å²) in [7, 11) is 0. The molecule has 1 fully saturated rings. The second kappa shape index (κ2) is 8.86. The number of hydrogen-bond donors (Lipinski definition) is 2. The Morgan fingerprint density at radius 2 is 2.06 bits per heavy atom. The third-order valence-corrected chi connectivity index (χ3v) is 6.88. The highest BCUT2D eigenvalue weighted by Gasteiger charge is 2.54. The highest BCUT2D eigenvalue weighted by atomic mass is 19.4. The van der Waals surface area contributed by atoms with Gasteiger partial charge in [-0.3, -0.25) is 14.7 Å². The molecule has 0 saturated heterocycles. The van der Waals surface area contributed by atoms with Gasteiger partial charge in [0.1, 0.15) is 18.8 Å². The maximum Gasteiger partial charge on any atom is 0.405 e. The van der Waals surface area contributed by atoms with Crippen molar-refractivity contribution in [1.82, 2.24) is 15.5 Å². The van der Waals surface area contributed by atoms with Crippen LogP contribution in [0.3, 0.4) is 0 Å². The molecule has 8 nitrogen and oxygen atoms in total. The first-order chi connectivity index (χ1) is 17.2. The van der Waals surface area contributed by atoms with E-state index in [-0.39, 0.29) is 12.0 Å². The van der Waals surface area contributed by atoms with Gasteiger partial charge in [-0.1, -0.05) is 6.07 Å². The van der Waals surface area contributed by atoms with E-state index in [1.165, 1.54) is 4.90 Å². The number of carbonyl (C=O) groups excluding carboxylic acids is 2. The van der Waals surface area contributed by atoms with Crippen LogP contribution in [-0.4, -0.2) is 47.4 Å². The Bertz CT molecular complexity index is 1370. The van der Waals surface area contributed by atoms with Gasteiger partial charge in [0.05, 0.1) is 34.9 Å². The van der Waals surface area contributed by atoms with Crippen LogP contribution >= 0.6 is 0 Å². The molecular weight excluding hydrogens is 475 g/mol. The van der Waals surface area contributed by atoms with Gasteiger partial charge in [0.15, 0.2) is 0 Å². The van der Waals surface area contributed by atoms with Crippen molar-refractivity contribution in [2.75, 3.05) is 18.0 Å². The molecule has 0 unspecified atom stereocenters. The minimum absolute atomic E-state index is 0.158. The highest BCUT2D eigenvalue weighted by molar-refractivity contribution is 6.11. The average molecular weight is 497 g/mol. The number of aromatic amines is 1. The summed E-state index contributed by atoms with van der Waals surface area (Å²) < 4.78 is 43.8. The molecule has 1 saturated carbocycles. The Morgan fingerprint density at radius 3 is 2.78 bits per heavy atom. The van der Waals surface area contributed by atoms with Crippen molar-refractivity contribution >= 4 is 28.4 Å². The smallest absolute Gasteiger partial charge is 0.405 e. The Morgan fingerprint density at radius 1 is 1.28 bits per heavy atom. The van der Waals surface area contributed by atoms with Crippen LogP contribution in [0.4, 0.5) is 18.9 Å². The molecule has 0 radical (unpaired) electrons. The first kappa shape index (κ1) is 23.7. The van der Waals surface area contributed by atoms with Crippen LogP contribution in [0, 0.1) is 11.3 Å². The summed E-state index contributed by atoms with van der Waals surface area (Å²) in [5, 5.41) is 19.4. The van der Waals surface area contributed by atoms with Crippen molar-refractivity contribution < 1.29 is 27.5 Å². The van der Waals surface area contributed by atoms with Gasteiger partial charge in [-0.25, -0.2) is 0 Å². The second-order valence-corrected chi connectivity index (χ2v) is 9.11. The van der Waals surface area contributed by atoms with E-state index >= 15 is 0 Å². The standard InChI is InChI=1S/C25H22F3N5O3/c26-25(27,28)14-30-21(34)13-33-20-3-1-2-15(11-29)22(20)24(23(33)35)8-6-17(7-9-24)36-18-4-5-19-16(10-18)12-31-32-19/h1-5,10,12,17H,6-9,13-14H2,(H,30,34)(H,31,32). The van der Waals surface area contributed by atoms with Crippen LogP contribution in [-0.2, 0) is 15.0 Å². The van der Waals surface area contributed by atoms with Crippen LogP contribution in [0.1, 0.15) is 36.8 Å². The lowest BCUT2D eigenvalue weighted by molar-refractivity contribution is -0.138. The fraction of sp³-hybridized carbons (Fsp3) is 0.360. The van der Waals surface area contributed by atoms with Crippen molar-refractivity contribution in [2.24, 2.45) is 0 Å². The Labute approximate surface area is 204 Å².